The monoisotopic (exact) mass is 270 g/mol. The number of amides is 1. The molecule has 0 aromatic rings. The average Bonchev–Trinajstić information content (AvgIpc) is 2.28. The summed E-state index contributed by atoms with van der Waals surface area (Å²) in [5.41, 5.74) is -0.604. The van der Waals surface area contributed by atoms with Gasteiger partial charge in [-0.3, -0.25) is 14.5 Å². The molecule has 19 heavy (non-hydrogen) atoms. The Bertz CT molecular complexity index is 330. The Kier molecular flexibility index (Phi) is 5.50. The normalized spacial score (nSPS) is 21.2. The molecule has 0 aromatic carbocycles. The van der Waals surface area contributed by atoms with Crippen LogP contribution >= 0.6 is 0 Å². The molecule has 0 radical (unpaired) electrons. The lowest BCUT2D eigenvalue weighted by Crippen LogP contribution is -2.50. The molecule has 1 atom stereocenters. The van der Waals surface area contributed by atoms with E-state index >= 15 is 0 Å². The Hall–Kier alpha value is -0.940. The van der Waals surface area contributed by atoms with E-state index in [9.17, 15) is 14.7 Å². The van der Waals surface area contributed by atoms with Crippen LogP contribution in [0.4, 0.5) is 0 Å². The van der Waals surface area contributed by atoms with Gasteiger partial charge in [-0.25, -0.2) is 0 Å². The summed E-state index contributed by atoms with van der Waals surface area (Å²) in [5.74, 6) is -0.0242. The summed E-state index contributed by atoms with van der Waals surface area (Å²) in [5, 5.41) is 12.6. The number of Topliss-reactive ketones (excluding diaryl/α,β-unsaturated/α-hetero) is 1. The number of carbonyl (C=O) groups is 2. The minimum Gasteiger partial charge on any atom is -0.390 e. The molecule has 1 rings (SSSR count). The zero-order chi connectivity index (χ0) is 14.6. The lowest BCUT2D eigenvalue weighted by molar-refractivity contribution is -0.129. The van der Waals surface area contributed by atoms with Gasteiger partial charge in [-0.1, -0.05) is 13.8 Å². The first-order valence-electron chi connectivity index (χ1n) is 6.96. The third-order valence-electron chi connectivity index (χ3n) is 3.72. The molecule has 5 heteroatoms. The van der Waals surface area contributed by atoms with Crippen molar-refractivity contribution in [1.29, 1.82) is 0 Å². The second-order valence-corrected chi connectivity index (χ2v) is 6.17. The predicted molar refractivity (Wildman–Crippen MR) is 73.7 cm³/mol. The smallest absolute Gasteiger partial charge is 0.234 e. The molecule has 1 fully saturated rings. The maximum atomic E-state index is 11.9. The van der Waals surface area contributed by atoms with Crippen molar-refractivity contribution in [2.75, 3.05) is 19.6 Å². The van der Waals surface area contributed by atoms with Crippen molar-refractivity contribution in [1.82, 2.24) is 10.2 Å². The number of carbonyl (C=O) groups excluding carboxylic acids is 2. The highest BCUT2D eigenvalue weighted by molar-refractivity contribution is 5.88. The number of nitrogens with one attached hydrogen (secondary N) is 1. The van der Waals surface area contributed by atoms with Gasteiger partial charge in [-0.15, -0.1) is 0 Å². The molecule has 0 spiro atoms. The van der Waals surface area contributed by atoms with Crippen molar-refractivity contribution in [2.45, 2.75) is 52.2 Å². The quantitative estimate of drug-likeness (QED) is 0.766. The lowest BCUT2D eigenvalue weighted by atomic mass is 9.94. The summed E-state index contributed by atoms with van der Waals surface area (Å²) in [6.07, 6.45) is 1.36. The summed E-state index contributed by atoms with van der Waals surface area (Å²) in [6, 6.07) is -0.402. The number of nitrogens with zero attached hydrogens (tertiary/aromatic N) is 1. The van der Waals surface area contributed by atoms with E-state index in [0.29, 0.717) is 32.5 Å². The summed E-state index contributed by atoms with van der Waals surface area (Å²) in [7, 11) is 0. The Morgan fingerprint density at radius 1 is 1.32 bits per heavy atom. The molecule has 1 aliphatic rings. The molecular formula is C14H26N2O3. The third-order valence-corrected chi connectivity index (χ3v) is 3.72. The SMILES string of the molecule is CC(=O)C(NC(=O)CN1CCC(C)(O)CC1)C(C)C. The maximum absolute atomic E-state index is 11.9. The molecular weight excluding hydrogens is 244 g/mol. The molecule has 5 nitrogen and oxygen atoms in total. The highest BCUT2D eigenvalue weighted by atomic mass is 16.3. The fourth-order valence-electron chi connectivity index (χ4n) is 2.35. The maximum Gasteiger partial charge on any atom is 0.234 e. The van der Waals surface area contributed by atoms with Gasteiger partial charge in [0.25, 0.3) is 0 Å². The summed E-state index contributed by atoms with van der Waals surface area (Å²) in [6.45, 7) is 8.90. The minimum atomic E-state index is -0.604. The summed E-state index contributed by atoms with van der Waals surface area (Å²) in [4.78, 5) is 25.4. The molecule has 0 saturated carbocycles. The Balaban J connectivity index is 2.41. The van der Waals surface area contributed by atoms with Crippen LogP contribution in [0.1, 0.15) is 40.5 Å². The van der Waals surface area contributed by atoms with Crippen LogP contribution in [0.5, 0.6) is 0 Å². The Labute approximate surface area is 115 Å². The first-order chi connectivity index (χ1) is 8.71. The number of hydrogen-bond acceptors (Lipinski definition) is 4. The fraction of sp³-hybridized carbons (Fsp3) is 0.857. The fourth-order valence-corrected chi connectivity index (χ4v) is 2.35. The molecule has 1 amide bonds. The van der Waals surface area contributed by atoms with E-state index in [1.165, 1.54) is 6.92 Å². The summed E-state index contributed by atoms with van der Waals surface area (Å²) >= 11 is 0. The molecule has 0 bridgehead atoms. The van der Waals surface area contributed by atoms with Crippen molar-refractivity contribution in [3.05, 3.63) is 0 Å². The largest absolute Gasteiger partial charge is 0.390 e. The first kappa shape index (κ1) is 16.1. The van der Waals surface area contributed by atoms with Crippen molar-refractivity contribution in [3.63, 3.8) is 0 Å². The first-order valence-corrected chi connectivity index (χ1v) is 6.96. The van der Waals surface area contributed by atoms with E-state index in [1.807, 2.05) is 25.7 Å². The molecule has 1 saturated heterocycles. The predicted octanol–water partition coefficient (Wildman–Crippen LogP) is 0.563. The van der Waals surface area contributed by atoms with Gasteiger partial charge in [-0.05, 0) is 32.6 Å². The second kappa shape index (κ2) is 6.48. The van der Waals surface area contributed by atoms with E-state index in [0.717, 1.165) is 0 Å². The van der Waals surface area contributed by atoms with Crippen molar-refractivity contribution in [3.8, 4) is 0 Å². The van der Waals surface area contributed by atoms with Crippen LogP contribution in [0.3, 0.4) is 0 Å². The third kappa shape index (κ3) is 5.28. The molecule has 0 aliphatic carbocycles. The number of rotatable bonds is 5. The van der Waals surface area contributed by atoms with Gasteiger partial charge < -0.3 is 10.4 Å². The van der Waals surface area contributed by atoms with E-state index in [-0.39, 0.29) is 17.6 Å². The van der Waals surface area contributed by atoms with Gasteiger partial charge in [0, 0.05) is 13.1 Å². The van der Waals surface area contributed by atoms with Gasteiger partial charge in [0.15, 0.2) is 5.78 Å². The minimum absolute atomic E-state index is 0.00933. The van der Waals surface area contributed by atoms with Crippen LogP contribution in [-0.2, 0) is 9.59 Å². The molecule has 1 heterocycles. The number of aliphatic hydroxyl groups is 1. The van der Waals surface area contributed by atoms with Crippen LogP contribution in [0.15, 0.2) is 0 Å². The molecule has 1 aliphatic heterocycles. The van der Waals surface area contributed by atoms with Gasteiger partial charge in [0.05, 0.1) is 18.2 Å². The number of piperidine rings is 1. The summed E-state index contributed by atoms with van der Waals surface area (Å²) < 4.78 is 0. The van der Waals surface area contributed by atoms with Crippen molar-refractivity contribution < 1.29 is 14.7 Å². The number of hydrogen-bond donors (Lipinski definition) is 2. The van der Waals surface area contributed by atoms with Crippen LogP contribution in [0.25, 0.3) is 0 Å². The zero-order valence-corrected chi connectivity index (χ0v) is 12.4. The Morgan fingerprint density at radius 3 is 2.26 bits per heavy atom. The molecule has 110 valence electrons. The van der Waals surface area contributed by atoms with Gasteiger partial charge in [-0.2, -0.15) is 0 Å². The topological polar surface area (TPSA) is 69.6 Å². The molecule has 1 unspecified atom stereocenters. The highest BCUT2D eigenvalue weighted by Gasteiger charge is 2.29. The van der Waals surface area contributed by atoms with Crippen LogP contribution < -0.4 is 5.32 Å². The number of likely N-dealkylation sites (tertiary alicyclic amines) is 1. The van der Waals surface area contributed by atoms with Crippen molar-refractivity contribution in [2.24, 2.45) is 5.92 Å². The van der Waals surface area contributed by atoms with Gasteiger partial charge >= 0.3 is 0 Å². The van der Waals surface area contributed by atoms with Crippen LogP contribution in [0.2, 0.25) is 0 Å². The molecule has 0 aromatic heterocycles. The van der Waals surface area contributed by atoms with Gasteiger partial charge in [0.1, 0.15) is 0 Å². The Morgan fingerprint density at radius 2 is 1.84 bits per heavy atom. The van der Waals surface area contributed by atoms with E-state index in [2.05, 4.69) is 5.32 Å². The van der Waals surface area contributed by atoms with Crippen LogP contribution in [0, 0.1) is 5.92 Å². The highest BCUT2D eigenvalue weighted by Crippen LogP contribution is 2.20. The number of ketones is 1. The van der Waals surface area contributed by atoms with Crippen LogP contribution in [-0.4, -0.2) is 53.0 Å². The van der Waals surface area contributed by atoms with Gasteiger partial charge in [0.2, 0.25) is 5.91 Å². The standard InChI is InChI=1S/C14H26N2O3/c1-10(2)13(11(3)17)15-12(18)9-16-7-5-14(4,19)6-8-16/h10,13,19H,5-9H2,1-4H3,(H,15,18). The molecule has 2 N–H and O–H groups in total. The van der Waals surface area contributed by atoms with E-state index < -0.39 is 11.6 Å². The lowest BCUT2D eigenvalue weighted by Gasteiger charge is -2.35. The van der Waals surface area contributed by atoms with E-state index in [1.54, 1.807) is 0 Å². The average molecular weight is 270 g/mol. The van der Waals surface area contributed by atoms with Crippen molar-refractivity contribution >= 4 is 11.7 Å². The van der Waals surface area contributed by atoms with E-state index in [4.69, 9.17) is 0 Å². The second-order valence-electron chi connectivity index (χ2n) is 6.17. The zero-order valence-electron chi connectivity index (χ0n) is 12.4.